The van der Waals surface area contributed by atoms with Crippen LogP contribution in [-0.2, 0) is 28.5 Å². The monoisotopic (exact) mass is 216 g/mol. The molecule has 0 radical (unpaired) electrons. The molecule has 0 amide bonds. The zero-order valence-electron chi connectivity index (χ0n) is 8.36. The van der Waals surface area contributed by atoms with E-state index in [0.717, 1.165) is 6.08 Å². The summed E-state index contributed by atoms with van der Waals surface area (Å²) in [6.45, 7) is 1.48. The summed E-state index contributed by atoms with van der Waals surface area (Å²) in [5.41, 5.74) is 0. The van der Waals surface area contributed by atoms with E-state index in [2.05, 4.69) is 4.74 Å². The van der Waals surface area contributed by atoms with Crippen molar-refractivity contribution in [2.45, 2.75) is 0 Å². The van der Waals surface area contributed by atoms with E-state index in [1.807, 2.05) is 0 Å². The smallest absolute Gasteiger partial charge is 0.381 e. The molecule has 0 N–H and O–H groups in total. The molecule has 1 aliphatic rings. The Morgan fingerprint density at radius 3 is 2.53 bits per heavy atom. The van der Waals surface area contributed by atoms with Gasteiger partial charge < -0.3 is 18.9 Å². The summed E-state index contributed by atoms with van der Waals surface area (Å²) >= 11 is 0. The first kappa shape index (κ1) is 11.7. The molecule has 6 heteroatoms. The molecule has 15 heavy (non-hydrogen) atoms. The molecule has 0 aromatic heterocycles. The van der Waals surface area contributed by atoms with Gasteiger partial charge in [0.05, 0.1) is 25.9 Å². The highest BCUT2D eigenvalue weighted by molar-refractivity contribution is 6.07. The molecule has 0 saturated carbocycles. The van der Waals surface area contributed by atoms with E-state index in [0.29, 0.717) is 19.8 Å². The van der Waals surface area contributed by atoms with Crippen LogP contribution in [0.15, 0.2) is 11.8 Å². The zero-order valence-corrected chi connectivity index (χ0v) is 8.36. The lowest BCUT2D eigenvalue weighted by molar-refractivity contribution is -0.152. The fourth-order valence-corrected chi connectivity index (χ4v) is 0.893. The van der Waals surface area contributed by atoms with Gasteiger partial charge in [-0.05, 0) is 0 Å². The fourth-order valence-electron chi connectivity index (χ4n) is 0.893. The molecule has 0 spiro atoms. The van der Waals surface area contributed by atoms with Crippen LogP contribution in [0, 0.1) is 0 Å². The molecule has 0 aliphatic carbocycles. The van der Waals surface area contributed by atoms with Crippen LogP contribution >= 0.6 is 0 Å². The third-order valence-corrected chi connectivity index (χ3v) is 1.56. The highest BCUT2D eigenvalue weighted by Gasteiger charge is 2.24. The van der Waals surface area contributed by atoms with Gasteiger partial charge in [0.2, 0.25) is 5.76 Å². The van der Waals surface area contributed by atoms with Crippen molar-refractivity contribution in [1.82, 2.24) is 0 Å². The molecule has 6 nitrogen and oxygen atoms in total. The second-order valence-corrected chi connectivity index (χ2v) is 2.67. The minimum absolute atomic E-state index is 0.0738. The number of carbonyl (C=O) groups is 2. The van der Waals surface area contributed by atoms with Gasteiger partial charge in [-0.2, -0.15) is 0 Å². The van der Waals surface area contributed by atoms with Crippen molar-refractivity contribution in [3.8, 4) is 0 Å². The lowest BCUT2D eigenvalue weighted by Gasteiger charge is -2.05. The molecule has 0 atom stereocenters. The number of rotatable bonds is 7. The SMILES string of the molecule is COCCOCCOC1=CC(=O)OC1=O. The lowest BCUT2D eigenvalue weighted by atomic mass is 10.5. The molecule has 0 saturated heterocycles. The van der Waals surface area contributed by atoms with Crippen molar-refractivity contribution in [3.05, 3.63) is 11.8 Å². The highest BCUT2D eigenvalue weighted by Crippen LogP contribution is 2.08. The number of cyclic esters (lactones) is 2. The molecule has 0 aromatic carbocycles. The molecule has 1 aliphatic heterocycles. The van der Waals surface area contributed by atoms with E-state index in [1.54, 1.807) is 7.11 Å². The molecule has 1 rings (SSSR count). The van der Waals surface area contributed by atoms with E-state index in [1.165, 1.54) is 0 Å². The molecule has 0 unspecified atom stereocenters. The molecule has 0 fully saturated rings. The number of hydrogen-bond donors (Lipinski definition) is 0. The van der Waals surface area contributed by atoms with Crippen LogP contribution in [0.3, 0.4) is 0 Å². The van der Waals surface area contributed by atoms with Gasteiger partial charge in [0.15, 0.2) is 0 Å². The van der Waals surface area contributed by atoms with Gasteiger partial charge in [-0.1, -0.05) is 0 Å². The Bertz CT molecular complexity index is 270. The Morgan fingerprint density at radius 2 is 1.93 bits per heavy atom. The van der Waals surface area contributed by atoms with E-state index < -0.39 is 11.9 Å². The normalized spacial score (nSPS) is 15.1. The summed E-state index contributed by atoms with van der Waals surface area (Å²) < 4.78 is 19.0. The first-order valence-electron chi connectivity index (χ1n) is 4.41. The highest BCUT2D eigenvalue weighted by atomic mass is 16.6. The van der Waals surface area contributed by atoms with Gasteiger partial charge in [0.1, 0.15) is 6.61 Å². The Hall–Kier alpha value is -1.40. The fraction of sp³-hybridized carbons (Fsp3) is 0.556. The summed E-state index contributed by atoms with van der Waals surface area (Å²) in [7, 11) is 1.57. The molecular formula is C9H12O6. The molecule has 0 bridgehead atoms. The van der Waals surface area contributed by atoms with Crippen LogP contribution in [0.5, 0.6) is 0 Å². The lowest BCUT2D eigenvalue weighted by Crippen LogP contribution is -2.10. The van der Waals surface area contributed by atoms with E-state index in [4.69, 9.17) is 14.2 Å². The topological polar surface area (TPSA) is 71.1 Å². The van der Waals surface area contributed by atoms with Crippen LogP contribution in [0.25, 0.3) is 0 Å². The largest absolute Gasteiger partial charge is 0.484 e. The predicted molar refractivity (Wildman–Crippen MR) is 47.8 cm³/mol. The van der Waals surface area contributed by atoms with Gasteiger partial charge in [0.25, 0.3) is 0 Å². The number of carbonyl (C=O) groups excluding carboxylic acids is 2. The third kappa shape index (κ3) is 4.09. The second-order valence-electron chi connectivity index (χ2n) is 2.67. The Morgan fingerprint density at radius 1 is 1.20 bits per heavy atom. The van der Waals surface area contributed by atoms with Crippen molar-refractivity contribution in [2.75, 3.05) is 33.5 Å². The van der Waals surface area contributed by atoms with Crippen molar-refractivity contribution >= 4 is 11.9 Å². The number of methoxy groups -OCH3 is 1. The van der Waals surface area contributed by atoms with Crippen LogP contribution in [0.1, 0.15) is 0 Å². The first-order valence-corrected chi connectivity index (χ1v) is 4.41. The van der Waals surface area contributed by atoms with E-state index >= 15 is 0 Å². The average molecular weight is 216 g/mol. The summed E-state index contributed by atoms with van der Waals surface area (Å²) in [6, 6.07) is 0. The zero-order chi connectivity index (χ0) is 11.1. The summed E-state index contributed by atoms with van der Waals surface area (Å²) in [4.78, 5) is 21.4. The first-order chi connectivity index (χ1) is 7.24. The average Bonchev–Trinajstić information content (AvgIpc) is 2.51. The van der Waals surface area contributed by atoms with Gasteiger partial charge in [-0.25, -0.2) is 9.59 Å². The van der Waals surface area contributed by atoms with Crippen LogP contribution in [0.2, 0.25) is 0 Å². The minimum atomic E-state index is -0.753. The summed E-state index contributed by atoms with van der Waals surface area (Å²) in [6.07, 6.45) is 1.01. The maximum atomic E-state index is 10.9. The third-order valence-electron chi connectivity index (χ3n) is 1.56. The molecule has 84 valence electrons. The van der Waals surface area contributed by atoms with Gasteiger partial charge >= 0.3 is 11.9 Å². The minimum Gasteiger partial charge on any atom is -0.484 e. The number of ether oxygens (including phenoxy) is 4. The quantitative estimate of drug-likeness (QED) is 0.328. The van der Waals surface area contributed by atoms with Gasteiger partial charge in [-0.3, -0.25) is 0 Å². The molecule has 0 aromatic rings. The Kier molecular flexibility index (Phi) is 4.79. The standard InChI is InChI=1S/C9H12O6/c1-12-2-3-13-4-5-14-7-6-8(10)15-9(7)11/h6H,2-5H2,1H3. The van der Waals surface area contributed by atoms with Crippen molar-refractivity contribution in [1.29, 1.82) is 0 Å². The van der Waals surface area contributed by atoms with Crippen molar-refractivity contribution in [2.24, 2.45) is 0 Å². The van der Waals surface area contributed by atoms with Crippen LogP contribution in [0.4, 0.5) is 0 Å². The number of esters is 2. The summed E-state index contributed by atoms with van der Waals surface area (Å²) in [5, 5.41) is 0. The molecule has 1 heterocycles. The maximum absolute atomic E-state index is 10.9. The maximum Gasteiger partial charge on any atom is 0.381 e. The van der Waals surface area contributed by atoms with Crippen molar-refractivity contribution < 1.29 is 28.5 Å². The Balaban J connectivity index is 2.08. The predicted octanol–water partition coefficient (Wildman–Crippen LogP) is -0.367. The second kappa shape index (κ2) is 6.15. The van der Waals surface area contributed by atoms with Crippen LogP contribution in [-0.4, -0.2) is 45.5 Å². The van der Waals surface area contributed by atoms with Gasteiger partial charge in [0, 0.05) is 7.11 Å². The van der Waals surface area contributed by atoms with Crippen LogP contribution < -0.4 is 0 Å². The number of hydrogen-bond acceptors (Lipinski definition) is 6. The van der Waals surface area contributed by atoms with Crippen molar-refractivity contribution in [3.63, 3.8) is 0 Å². The Labute approximate surface area is 86.7 Å². The van der Waals surface area contributed by atoms with E-state index in [9.17, 15) is 9.59 Å². The molecular weight excluding hydrogens is 204 g/mol. The van der Waals surface area contributed by atoms with Gasteiger partial charge in [-0.15, -0.1) is 0 Å². The van der Waals surface area contributed by atoms with E-state index in [-0.39, 0.29) is 12.4 Å². The summed E-state index contributed by atoms with van der Waals surface area (Å²) in [5.74, 6) is -1.53.